The van der Waals surface area contributed by atoms with Gasteiger partial charge in [0.1, 0.15) is 6.10 Å². The Hall–Kier alpha value is -1.28. The van der Waals surface area contributed by atoms with E-state index < -0.39 is 34.4 Å². The first-order chi connectivity index (χ1) is 12.1. The molecule has 4 atom stereocenters. The minimum atomic E-state index is -1.48. The van der Waals surface area contributed by atoms with Crippen LogP contribution in [-0.4, -0.2) is 39.5 Å². The second kappa shape index (κ2) is 10.7. The molecule has 6 nitrogen and oxygen atoms in total. The summed E-state index contributed by atoms with van der Waals surface area (Å²) >= 11 is 0. The van der Waals surface area contributed by atoms with E-state index in [1.165, 1.54) is 0 Å². The molecule has 0 saturated carbocycles. The Kier molecular flexibility index (Phi) is 8.54. The fourth-order valence-electron chi connectivity index (χ4n) is 2.67. The maximum Gasteiger partial charge on any atom is 0.273 e. The number of ether oxygens (including phenoxy) is 1. The first-order valence-corrected chi connectivity index (χ1v) is 10.1. The molecule has 1 heterocycles. The van der Waals surface area contributed by atoms with Crippen LogP contribution in [-0.2, 0) is 25.2 Å². The zero-order chi connectivity index (χ0) is 18.1. The summed E-state index contributed by atoms with van der Waals surface area (Å²) in [6.45, 7) is 2.61. The SMILES string of the molecule is CCCC[C@@H]([C@H](O)C(=O)NOC1CCCCO1)S(=O)c1ccccc1. The van der Waals surface area contributed by atoms with Crippen molar-refractivity contribution in [1.82, 2.24) is 5.48 Å². The van der Waals surface area contributed by atoms with Crippen LogP contribution in [0.5, 0.6) is 0 Å². The summed E-state index contributed by atoms with van der Waals surface area (Å²) in [4.78, 5) is 18.1. The fraction of sp³-hybridized carbons (Fsp3) is 0.611. The fourth-order valence-corrected chi connectivity index (χ4v) is 4.19. The maximum absolute atomic E-state index is 12.8. The second-order valence-corrected chi connectivity index (χ2v) is 7.79. The summed E-state index contributed by atoms with van der Waals surface area (Å²) < 4.78 is 18.2. The summed E-state index contributed by atoms with van der Waals surface area (Å²) in [5.41, 5.74) is 2.27. The van der Waals surface area contributed by atoms with Crippen molar-refractivity contribution in [2.45, 2.75) is 68.0 Å². The average molecular weight is 369 g/mol. The number of carbonyl (C=O) groups excluding carboxylic acids is 1. The Morgan fingerprint density at radius 3 is 2.80 bits per heavy atom. The number of hydroxylamine groups is 1. The molecule has 7 heteroatoms. The predicted octanol–water partition coefficient (Wildman–Crippen LogP) is 2.29. The highest BCUT2D eigenvalue weighted by molar-refractivity contribution is 7.85. The average Bonchev–Trinajstić information content (AvgIpc) is 2.67. The molecule has 1 aromatic carbocycles. The molecule has 1 aliphatic rings. The zero-order valence-corrected chi connectivity index (χ0v) is 15.4. The molecule has 0 aromatic heterocycles. The summed E-state index contributed by atoms with van der Waals surface area (Å²) in [6.07, 6.45) is 2.92. The summed E-state index contributed by atoms with van der Waals surface area (Å²) in [7, 11) is -1.48. The summed E-state index contributed by atoms with van der Waals surface area (Å²) in [6, 6.07) is 8.90. The van der Waals surface area contributed by atoms with Crippen molar-refractivity contribution in [2.24, 2.45) is 0 Å². The van der Waals surface area contributed by atoms with Gasteiger partial charge >= 0.3 is 0 Å². The number of hydrogen-bond donors (Lipinski definition) is 2. The third kappa shape index (κ3) is 6.18. The Bertz CT molecular complexity index is 548. The number of benzene rings is 1. The molecule has 1 aromatic rings. The van der Waals surface area contributed by atoms with E-state index in [9.17, 15) is 14.1 Å². The highest BCUT2D eigenvalue weighted by Gasteiger charge is 2.32. The second-order valence-electron chi connectivity index (χ2n) is 6.12. The lowest BCUT2D eigenvalue weighted by atomic mass is 10.1. The molecule has 0 spiro atoms. The number of aliphatic hydroxyl groups excluding tert-OH is 1. The van der Waals surface area contributed by atoms with Crippen molar-refractivity contribution in [3.8, 4) is 0 Å². The number of amides is 1. The Labute approximate surface area is 151 Å². The molecule has 1 saturated heterocycles. The highest BCUT2D eigenvalue weighted by Crippen LogP contribution is 2.20. The lowest BCUT2D eigenvalue weighted by Crippen LogP contribution is -2.45. The van der Waals surface area contributed by atoms with E-state index in [2.05, 4.69) is 5.48 Å². The van der Waals surface area contributed by atoms with E-state index in [0.29, 0.717) is 24.3 Å². The summed E-state index contributed by atoms with van der Waals surface area (Å²) in [5, 5.41) is 9.76. The van der Waals surface area contributed by atoms with Gasteiger partial charge < -0.3 is 9.84 Å². The molecular weight excluding hydrogens is 342 g/mol. The number of rotatable bonds is 9. The molecule has 2 rings (SSSR count). The van der Waals surface area contributed by atoms with Crippen LogP contribution >= 0.6 is 0 Å². The molecule has 1 aliphatic heterocycles. The molecule has 0 aliphatic carbocycles. The highest BCUT2D eigenvalue weighted by atomic mass is 32.2. The standard InChI is InChI=1S/C18H27NO5S/c1-2-3-11-15(25(22)14-9-5-4-6-10-14)17(20)18(21)19-24-16-12-7-8-13-23-16/h4-6,9-10,15-17,20H,2-3,7-8,11-13H2,1H3,(H,19,21)/t15-,16?,17-,25?/m0/s1. The van der Waals surface area contributed by atoms with Gasteiger partial charge in [-0.1, -0.05) is 38.0 Å². The third-order valence-electron chi connectivity index (χ3n) is 4.14. The number of aliphatic hydroxyl groups is 1. The van der Waals surface area contributed by atoms with Crippen molar-refractivity contribution < 1.29 is 23.7 Å². The van der Waals surface area contributed by atoms with E-state index in [4.69, 9.17) is 9.57 Å². The monoisotopic (exact) mass is 369 g/mol. The van der Waals surface area contributed by atoms with Gasteiger partial charge in [0, 0.05) is 17.9 Å². The lowest BCUT2D eigenvalue weighted by Gasteiger charge is -2.25. The number of carbonyl (C=O) groups is 1. The topological polar surface area (TPSA) is 84.9 Å². The van der Waals surface area contributed by atoms with Gasteiger partial charge in [0.2, 0.25) is 0 Å². The van der Waals surface area contributed by atoms with Gasteiger partial charge in [0.15, 0.2) is 6.29 Å². The van der Waals surface area contributed by atoms with Gasteiger partial charge in [-0.15, -0.1) is 0 Å². The summed E-state index contributed by atoms with van der Waals surface area (Å²) in [5.74, 6) is -0.681. The van der Waals surface area contributed by atoms with Gasteiger partial charge in [-0.3, -0.25) is 9.00 Å². The first-order valence-electron chi connectivity index (χ1n) is 8.84. The maximum atomic E-state index is 12.8. The van der Waals surface area contributed by atoms with Gasteiger partial charge in [-0.05, 0) is 31.4 Å². The predicted molar refractivity (Wildman–Crippen MR) is 95.0 cm³/mol. The van der Waals surface area contributed by atoms with E-state index in [-0.39, 0.29) is 0 Å². The molecule has 2 N–H and O–H groups in total. The minimum Gasteiger partial charge on any atom is -0.382 e. The zero-order valence-electron chi connectivity index (χ0n) is 14.6. The van der Waals surface area contributed by atoms with Gasteiger partial charge in [0.25, 0.3) is 5.91 Å². The van der Waals surface area contributed by atoms with Crippen LogP contribution in [0.2, 0.25) is 0 Å². The Morgan fingerprint density at radius 2 is 2.16 bits per heavy atom. The van der Waals surface area contributed by atoms with Crippen molar-refractivity contribution in [3.05, 3.63) is 30.3 Å². The van der Waals surface area contributed by atoms with Crippen LogP contribution in [0.25, 0.3) is 0 Å². The number of unbranched alkanes of at least 4 members (excludes halogenated alkanes) is 1. The molecule has 1 amide bonds. The number of nitrogens with one attached hydrogen (secondary N) is 1. The molecular formula is C18H27NO5S. The van der Waals surface area contributed by atoms with Crippen LogP contribution in [0.4, 0.5) is 0 Å². The Morgan fingerprint density at radius 1 is 1.40 bits per heavy atom. The Balaban J connectivity index is 1.97. The molecule has 0 radical (unpaired) electrons. The molecule has 0 bridgehead atoms. The van der Waals surface area contributed by atoms with Gasteiger partial charge in [-0.25, -0.2) is 10.3 Å². The third-order valence-corrected chi connectivity index (χ3v) is 5.92. The van der Waals surface area contributed by atoms with Crippen molar-refractivity contribution >= 4 is 16.7 Å². The molecule has 2 unspecified atom stereocenters. The molecule has 140 valence electrons. The van der Waals surface area contributed by atoms with Crippen LogP contribution in [0.3, 0.4) is 0 Å². The minimum absolute atomic E-state index is 0.487. The van der Waals surface area contributed by atoms with Crippen LogP contribution < -0.4 is 5.48 Å². The largest absolute Gasteiger partial charge is 0.382 e. The number of hydrogen-bond acceptors (Lipinski definition) is 5. The quantitative estimate of drug-likeness (QED) is 0.653. The normalized spacial score (nSPS) is 21.3. The van der Waals surface area contributed by atoms with Gasteiger partial charge in [-0.2, -0.15) is 0 Å². The lowest BCUT2D eigenvalue weighted by molar-refractivity contribution is -0.203. The smallest absolute Gasteiger partial charge is 0.273 e. The van der Waals surface area contributed by atoms with Gasteiger partial charge in [0.05, 0.1) is 16.0 Å². The molecule has 25 heavy (non-hydrogen) atoms. The van der Waals surface area contributed by atoms with Crippen molar-refractivity contribution in [2.75, 3.05) is 6.61 Å². The van der Waals surface area contributed by atoms with E-state index >= 15 is 0 Å². The van der Waals surface area contributed by atoms with E-state index in [1.807, 2.05) is 13.0 Å². The van der Waals surface area contributed by atoms with Crippen molar-refractivity contribution in [3.63, 3.8) is 0 Å². The van der Waals surface area contributed by atoms with E-state index in [1.54, 1.807) is 24.3 Å². The molecule has 1 fully saturated rings. The first kappa shape index (κ1) is 20.0. The van der Waals surface area contributed by atoms with Crippen molar-refractivity contribution in [1.29, 1.82) is 0 Å². The van der Waals surface area contributed by atoms with Crippen LogP contribution in [0.1, 0.15) is 45.4 Å². The van der Waals surface area contributed by atoms with Crippen LogP contribution in [0.15, 0.2) is 35.2 Å². The van der Waals surface area contributed by atoms with E-state index in [0.717, 1.165) is 25.7 Å². The van der Waals surface area contributed by atoms with Crippen LogP contribution in [0, 0.1) is 0 Å².